The number of hydrogen-bond acceptors (Lipinski definition) is 5. The molecule has 0 aliphatic carbocycles. The third-order valence-electron chi connectivity index (χ3n) is 5.96. The van der Waals surface area contributed by atoms with Crippen molar-refractivity contribution in [1.29, 1.82) is 0 Å². The van der Waals surface area contributed by atoms with Crippen molar-refractivity contribution in [2.45, 2.75) is 39.2 Å². The van der Waals surface area contributed by atoms with Crippen molar-refractivity contribution in [1.82, 2.24) is 4.90 Å². The van der Waals surface area contributed by atoms with E-state index >= 15 is 0 Å². The Kier molecular flexibility index (Phi) is 6.64. The molecule has 2 heterocycles. The predicted molar refractivity (Wildman–Crippen MR) is 118 cm³/mol. The average Bonchev–Trinajstić information content (AvgIpc) is 2.76. The summed E-state index contributed by atoms with van der Waals surface area (Å²) in [4.78, 5) is 27.0. The third kappa shape index (κ3) is 3.87. The summed E-state index contributed by atoms with van der Waals surface area (Å²) in [7, 11) is 0. The fourth-order valence-corrected chi connectivity index (χ4v) is 4.30. The van der Waals surface area contributed by atoms with Crippen LogP contribution in [-0.4, -0.2) is 24.0 Å². The maximum atomic E-state index is 13.0. The van der Waals surface area contributed by atoms with E-state index in [2.05, 4.69) is 17.9 Å². The topological polar surface area (TPSA) is 73.6 Å². The summed E-state index contributed by atoms with van der Waals surface area (Å²) >= 11 is 0. The molecule has 1 aromatic heterocycles. The first-order valence-electron chi connectivity index (χ1n) is 10.1. The molecule has 158 valence electrons. The number of carboxylic acid groups (broad SMARTS) is 1. The number of aromatic carboxylic acids is 1. The number of halogens is 1. The van der Waals surface area contributed by atoms with E-state index in [-0.39, 0.29) is 40.4 Å². The van der Waals surface area contributed by atoms with Crippen LogP contribution in [0.15, 0.2) is 51.7 Å². The van der Waals surface area contributed by atoms with Gasteiger partial charge in [0.15, 0.2) is 5.43 Å². The summed E-state index contributed by atoms with van der Waals surface area (Å²) in [5.74, 6) is -0.931. The molecular formula is C24H25ClNO4-. The SMILES string of the molecule is Cc1c(-c2ccccc2C(C)N2CCCCC2)oc2c(C(=O)[O-])cccc2c1=O.Cl. The van der Waals surface area contributed by atoms with E-state index in [1.54, 1.807) is 13.0 Å². The van der Waals surface area contributed by atoms with Gasteiger partial charge in [-0.15, -0.1) is 12.4 Å². The fourth-order valence-electron chi connectivity index (χ4n) is 4.30. The van der Waals surface area contributed by atoms with Crippen molar-refractivity contribution in [3.8, 4) is 11.3 Å². The molecule has 4 rings (SSSR count). The lowest BCUT2D eigenvalue weighted by Gasteiger charge is -2.33. The number of hydrogen-bond donors (Lipinski definition) is 0. The molecular weight excluding hydrogens is 402 g/mol. The predicted octanol–water partition coefficient (Wildman–Crippen LogP) is 4.10. The number of piperidine rings is 1. The number of carbonyl (C=O) groups excluding carboxylic acids is 1. The highest BCUT2D eigenvalue weighted by Crippen LogP contribution is 2.35. The molecule has 0 spiro atoms. The van der Waals surface area contributed by atoms with Crippen LogP contribution in [0.1, 0.15) is 53.7 Å². The van der Waals surface area contributed by atoms with Gasteiger partial charge in [-0.2, -0.15) is 0 Å². The zero-order valence-electron chi connectivity index (χ0n) is 17.1. The molecule has 1 unspecified atom stereocenters. The molecule has 2 aromatic carbocycles. The number of carboxylic acids is 1. The van der Waals surface area contributed by atoms with Crippen LogP contribution in [0.2, 0.25) is 0 Å². The van der Waals surface area contributed by atoms with Crippen LogP contribution >= 0.6 is 12.4 Å². The molecule has 5 nitrogen and oxygen atoms in total. The largest absolute Gasteiger partial charge is 0.545 e. The van der Waals surface area contributed by atoms with Crippen LogP contribution in [0.25, 0.3) is 22.3 Å². The zero-order chi connectivity index (χ0) is 20.5. The van der Waals surface area contributed by atoms with Gasteiger partial charge in [0.25, 0.3) is 0 Å². The van der Waals surface area contributed by atoms with Gasteiger partial charge in [0, 0.05) is 22.7 Å². The Bertz CT molecular complexity index is 1130. The van der Waals surface area contributed by atoms with Gasteiger partial charge in [-0.3, -0.25) is 9.69 Å². The third-order valence-corrected chi connectivity index (χ3v) is 5.96. The first-order valence-corrected chi connectivity index (χ1v) is 10.1. The lowest BCUT2D eigenvalue weighted by molar-refractivity contribution is -0.254. The van der Waals surface area contributed by atoms with Crippen LogP contribution in [0.3, 0.4) is 0 Å². The van der Waals surface area contributed by atoms with Crippen molar-refractivity contribution >= 4 is 29.3 Å². The number of likely N-dealkylation sites (tertiary alicyclic amines) is 1. The number of benzene rings is 2. The summed E-state index contributed by atoms with van der Waals surface area (Å²) in [6.45, 7) is 6.00. The van der Waals surface area contributed by atoms with Crippen LogP contribution in [0.5, 0.6) is 0 Å². The Labute approximate surface area is 181 Å². The van der Waals surface area contributed by atoms with E-state index in [1.165, 1.54) is 31.4 Å². The molecule has 0 N–H and O–H groups in total. The normalized spacial score (nSPS) is 15.5. The average molecular weight is 427 g/mol. The van der Waals surface area contributed by atoms with Crippen LogP contribution in [0, 0.1) is 6.92 Å². The van der Waals surface area contributed by atoms with E-state index in [0.29, 0.717) is 11.3 Å². The summed E-state index contributed by atoms with van der Waals surface area (Å²) in [5, 5.41) is 11.8. The minimum absolute atomic E-state index is 0. The smallest absolute Gasteiger partial charge is 0.196 e. The Hall–Kier alpha value is -2.63. The Morgan fingerprint density at radius 2 is 1.77 bits per heavy atom. The van der Waals surface area contributed by atoms with Crippen molar-refractivity contribution in [2.24, 2.45) is 0 Å². The first kappa shape index (κ1) is 22.1. The lowest BCUT2D eigenvalue weighted by Crippen LogP contribution is -2.32. The molecule has 0 saturated carbocycles. The molecule has 1 fully saturated rings. The molecule has 1 atom stereocenters. The molecule has 0 bridgehead atoms. The number of carbonyl (C=O) groups is 1. The van der Waals surface area contributed by atoms with E-state index in [9.17, 15) is 14.7 Å². The van der Waals surface area contributed by atoms with Gasteiger partial charge >= 0.3 is 0 Å². The lowest BCUT2D eigenvalue weighted by atomic mass is 9.94. The van der Waals surface area contributed by atoms with Gasteiger partial charge in [0.1, 0.15) is 11.3 Å². The second kappa shape index (κ2) is 9.02. The molecule has 1 aliphatic heterocycles. The second-order valence-corrected chi connectivity index (χ2v) is 7.71. The minimum atomic E-state index is -1.36. The standard InChI is InChI=1S/C24H25NO4.ClH/c1-15-21(26)19-11-8-12-20(24(27)28)23(19)29-22(15)18-10-5-4-9-17(18)16(2)25-13-6-3-7-14-25;/h4-5,8-12,16H,3,6-7,13-14H2,1-2H3,(H,27,28);1H/p-1. The summed E-state index contributed by atoms with van der Waals surface area (Å²) in [6, 6.07) is 12.6. The van der Waals surface area contributed by atoms with Crippen molar-refractivity contribution in [2.75, 3.05) is 13.1 Å². The molecule has 0 amide bonds. The van der Waals surface area contributed by atoms with Gasteiger partial charge in [0.2, 0.25) is 0 Å². The zero-order valence-corrected chi connectivity index (χ0v) is 18.0. The van der Waals surface area contributed by atoms with Crippen LogP contribution in [0.4, 0.5) is 0 Å². The first-order chi connectivity index (χ1) is 14.0. The highest BCUT2D eigenvalue weighted by Gasteiger charge is 2.23. The Morgan fingerprint density at radius 3 is 2.47 bits per heavy atom. The van der Waals surface area contributed by atoms with Crippen LogP contribution in [-0.2, 0) is 0 Å². The molecule has 30 heavy (non-hydrogen) atoms. The number of para-hydroxylation sites is 1. The molecule has 1 saturated heterocycles. The van der Waals surface area contributed by atoms with Gasteiger partial charge in [-0.05, 0) is 57.5 Å². The maximum Gasteiger partial charge on any atom is 0.196 e. The number of nitrogens with zero attached hydrogens (tertiary/aromatic N) is 1. The minimum Gasteiger partial charge on any atom is -0.545 e. The van der Waals surface area contributed by atoms with E-state index in [4.69, 9.17) is 4.42 Å². The van der Waals surface area contributed by atoms with E-state index in [1.807, 2.05) is 18.2 Å². The molecule has 3 aromatic rings. The van der Waals surface area contributed by atoms with Crippen LogP contribution < -0.4 is 10.5 Å². The summed E-state index contributed by atoms with van der Waals surface area (Å²) < 4.78 is 6.09. The second-order valence-electron chi connectivity index (χ2n) is 7.71. The summed E-state index contributed by atoms with van der Waals surface area (Å²) in [6.07, 6.45) is 3.63. The molecule has 6 heteroatoms. The summed E-state index contributed by atoms with van der Waals surface area (Å²) in [5.41, 5.74) is 2.12. The van der Waals surface area contributed by atoms with Gasteiger partial charge in [-0.25, -0.2) is 0 Å². The maximum absolute atomic E-state index is 13.0. The van der Waals surface area contributed by atoms with Gasteiger partial charge < -0.3 is 14.3 Å². The van der Waals surface area contributed by atoms with Crippen molar-refractivity contribution < 1.29 is 14.3 Å². The van der Waals surface area contributed by atoms with E-state index < -0.39 is 5.97 Å². The quantitative estimate of drug-likeness (QED) is 0.627. The monoisotopic (exact) mass is 426 g/mol. The van der Waals surface area contributed by atoms with Gasteiger partial charge in [-0.1, -0.05) is 36.8 Å². The Morgan fingerprint density at radius 1 is 1.07 bits per heavy atom. The molecule has 1 aliphatic rings. The highest BCUT2D eigenvalue weighted by atomic mass is 35.5. The van der Waals surface area contributed by atoms with Crippen molar-refractivity contribution in [3.63, 3.8) is 0 Å². The molecule has 0 radical (unpaired) electrons. The van der Waals surface area contributed by atoms with Crippen molar-refractivity contribution in [3.05, 3.63) is 69.4 Å². The highest BCUT2D eigenvalue weighted by molar-refractivity contribution is 6.00. The number of rotatable bonds is 4. The van der Waals surface area contributed by atoms with E-state index in [0.717, 1.165) is 24.2 Å². The number of fused-ring (bicyclic) bond motifs is 1. The van der Waals surface area contributed by atoms with Gasteiger partial charge in [0.05, 0.1) is 11.4 Å². The Balaban J connectivity index is 0.00000256. The fraction of sp³-hybridized carbons (Fsp3) is 0.333.